The number of nitrogens with zero attached hydrogens (tertiary/aromatic N) is 2. The minimum absolute atomic E-state index is 0.0762. The molecule has 0 unspecified atom stereocenters. The lowest BCUT2D eigenvalue weighted by Crippen LogP contribution is -2.30. The minimum Gasteiger partial charge on any atom is -0.387 e. The molecule has 1 atom stereocenters. The molecule has 0 spiro atoms. The van der Waals surface area contributed by atoms with Crippen molar-refractivity contribution in [3.8, 4) is 0 Å². The van der Waals surface area contributed by atoms with Crippen molar-refractivity contribution in [2.24, 2.45) is 0 Å². The Morgan fingerprint density at radius 3 is 3.00 bits per heavy atom. The van der Waals surface area contributed by atoms with Crippen LogP contribution in [0.3, 0.4) is 0 Å². The van der Waals surface area contributed by atoms with Crippen molar-refractivity contribution in [3.63, 3.8) is 0 Å². The lowest BCUT2D eigenvalue weighted by atomic mass is 10.1. The highest BCUT2D eigenvalue weighted by molar-refractivity contribution is 7.90. The summed E-state index contributed by atoms with van der Waals surface area (Å²) in [5, 5.41) is 15.3. The molecule has 1 aromatic heterocycles. The molecule has 2 N–H and O–H groups in total. The largest absolute Gasteiger partial charge is 0.387 e. The van der Waals surface area contributed by atoms with Gasteiger partial charge in [-0.3, -0.25) is 9.89 Å². The van der Waals surface area contributed by atoms with Crippen LogP contribution in [0.1, 0.15) is 18.0 Å². The molecule has 1 saturated heterocycles. The van der Waals surface area contributed by atoms with Gasteiger partial charge in [0.1, 0.15) is 11.5 Å². The molecule has 2 heterocycles. The zero-order chi connectivity index (χ0) is 13.3. The number of H-pyrrole nitrogens is 1. The number of aromatic amines is 1. The molecular formula is C10H15N3O4S. The number of aliphatic hydroxyl groups excluding tert-OH is 1. The molecule has 1 aliphatic rings. The maximum atomic E-state index is 11.6. The van der Waals surface area contributed by atoms with Gasteiger partial charge in [0.25, 0.3) is 0 Å². The Morgan fingerprint density at radius 2 is 2.39 bits per heavy atom. The number of hydrogen-bond donors (Lipinski definition) is 2. The van der Waals surface area contributed by atoms with E-state index >= 15 is 0 Å². The summed E-state index contributed by atoms with van der Waals surface area (Å²) in [6.07, 6.45) is 3.09. The van der Waals surface area contributed by atoms with E-state index < -0.39 is 16.4 Å². The second-order valence-corrected chi connectivity index (χ2v) is 6.39. The molecule has 0 radical (unpaired) electrons. The molecule has 7 nitrogen and oxygen atoms in total. The van der Waals surface area contributed by atoms with Gasteiger partial charge in [-0.2, -0.15) is 5.10 Å². The second kappa shape index (κ2) is 4.69. The minimum atomic E-state index is -3.32. The smallest absolute Gasteiger partial charge is 0.248 e. The fourth-order valence-corrected chi connectivity index (χ4v) is 3.05. The summed E-state index contributed by atoms with van der Waals surface area (Å²) in [6, 6.07) is 0. The van der Waals surface area contributed by atoms with Gasteiger partial charge < -0.3 is 10.0 Å². The van der Waals surface area contributed by atoms with E-state index in [2.05, 4.69) is 10.2 Å². The normalized spacial score (nSPS) is 20.3. The molecule has 1 aliphatic heterocycles. The van der Waals surface area contributed by atoms with E-state index in [1.807, 2.05) is 0 Å². The van der Waals surface area contributed by atoms with Crippen LogP contribution in [-0.4, -0.2) is 60.5 Å². The highest BCUT2D eigenvalue weighted by Gasteiger charge is 2.31. The molecule has 1 amide bonds. The summed E-state index contributed by atoms with van der Waals surface area (Å²) in [7, 11) is -3.32. The van der Waals surface area contributed by atoms with Gasteiger partial charge in [-0.05, 0) is 6.42 Å². The Morgan fingerprint density at radius 1 is 1.67 bits per heavy atom. The Bertz CT molecular complexity index is 551. The first kappa shape index (κ1) is 13.0. The average Bonchev–Trinajstić information content (AvgIpc) is 2.94. The Labute approximate surface area is 105 Å². The lowest BCUT2D eigenvalue weighted by Gasteiger charge is -2.14. The highest BCUT2D eigenvalue weighted by atomic mass is 32.2. The number of aromatic nitrogens is 2. The summed E-state index contributed by atoms with van der Waals surface area (Å²) in [6.45, 7) is 0.408. The second-order valence-electron chi connectivity index (χ2n) is 4.40. The fourth-order valence-electron chi connectivity index (χ4n) is 2.20. The number of amides is 1. The first-order valence-corrected chi connectivity index (χ1v) is 7.44. The number of carbonyl (C=O) groups excluding carboxylic acids is 1. The van der Waals surface area contributed by atoms with Gasteiger partial charge in [0, 0.05) is 25.3 Å². The van der Waals surface area contributed by atoms with Crippen molar-refractivity contribution < 1.29 is 18.3 Å². The number of rotatable bonds is 3. The zero-order valence-electron chi connectivity index (χ0n) is 9.96. The standard InChI is InChI=1S/C10H15N3O4S/c1-18(16,17)8-4-11-12-10(8)7-2-3-13(5-7)9(15)6-14/h4,7,14H,2-3,5-6H2,1H3,(H,11,12)/t7-/m1/s1. The highest BCUT2D eigenvalue weighted by Crippen LogP contribution is 2.29. The van der Waals surface area contributed by atoms with Crippen molar-refractivity contribution >= 4 is 15.7 Å². The maximum absolute atomic E-state index is 11.6. The van der Waals surface area contributed by atoms with Gasteiger partial charge in [-0.15, -0.1) is 0 Å². The molecule has 0 aliphatic carbocycles. The number of likely N-dealkylation sites (tertiary alicyclic amines) is 1. The van der Waals surface area contributed by atoms with Crippen LogP contribution in [0.25, 0.3) is 0 Å². The first-order chi connectivity index (χ1) is 8.43. The summed E-state index contributed by atoms with van der Waals surface area (Å²) in [5.74, 6) is -0.411. The molecule has 18 heavy (non-hydrogen) atoms. The molecule has 8 heteroatoms. The molecule has 0 saturated carbocycles. The fraction of sp³-hybridized carbons (Fsp3) is 0.600. The SMILES string of the molecule is CS(=O)(=O)c1cn[nH]c1[C@@H]1CCN(C(=O)CO)C1. The molecule has 0 bridgehead atoms. The average molecular weight is 273 g/mol. The number of hydrogen-bond acceptors (Lipinski definition) is 5. The number of carbonyl (C=O) groups is 1. The summed E-state index contributed by atoms with van der Waals surface area (Å²) in [4.78, 5) is 13.1. The summed E-state index contributed by atoms with van der Waals surface area (Å²) < 4.78 is 23.1. The van der Waals surface area contributed by atoms with Crippen molar-refractivity contribution in [1.82, 2.24) is 15.1 Å². The van der Waals surface area contributed by atoms with E-state index in [-0.39, 0.29) is 16.7 Å². The molecular weight excluding hydrogens is 258 g/mol. The van der Waals surface area contributed by atoms with E-state index in [0.717, 1.165) is 6.26 Å². The van der Waals surface area contributed by atoms with Crippen LogP contribution in [0.5, 0.6) is 0 Å². The predicted molar refractivity (Wildman–Crippen MR) is 62.7 cm³/mol. The van der Waals surface area contributed by atoms with Gasteiger partial charge in [0.2, 0.25) is 5.91 Å². The third-order valence-corrected chi connectivity index (χ3v) is 4.24. The van der Waals surface area contributed by atoms with Gasteiger partial charge in [0.05, 0.1) is 11.9 Å². The molecule has 1 aromatic rings. The molecule has 1 fully saturated rings. The summed E-state index contributed by atoms with van der Waals surface area (Å²) in [5.41, 5.74) is 0.547. The third kappa shape index (κ3) is 2.39. The monoisotopic (exact) mass is 273 g/mol. The molecule has 100 valence electrons. The number of aliphatic hydroxyl groups is 1. The summed E-state index contributed by atoms with van der Waals surface area (Å²) >= 11 is 0. The number of nitrogens with one attached hydrogen (secondary N) is 1. The van der Waals surface area contributed by atoms with Crippen LogP contribution in [0.2, 0.25) is 0 Å². The van der Waals surface area contributed by atoms with E-state index in [0.29, 0.717) is 25.2 Å². The van der Waals surface area contributed by atoms with E-state index in [9.17, 15) is 13.2 Å². The topological polar surface area (TPSA) is 103 Å². The van der Waals surface area contributed by atoms with Gasteiger partial charge in [0.15, 0.2) is 9.84 Å². The Balaban J connectivity index is 2.20. The van der Waals surface area contributed by atoms with Crippen LogP contribution < -0.4 is 0 Å². The molecule has 0 aromatic carbocycles. The van der Waals surface area contributed by atoms with Crippen LogP contribution in [-0.2, 0) is 14.6 Å². The van der Waals surface area contributed by atoms with Crippen molar-refractivity contribution in [2.45, 2.75) is 17.2 Å². The Hall–Kier alpha value is -1.41. The van der Waals surface area contributed by atoms with Gasteiger partial charge in [-0.1, -0.05) is 0 Å². The van der Waals surface area contributed by atoms with Crippen molar-refractivity contribution in [1.29, 1.82) is 0 Å². The van der Waals surface area contributed by atoms with Gasteiger partial charge in [-0.25, -0.2) is 8.42 Å². The van der Waals surface area contributed by atoms with Crippen molar-refractivity contribution in [3.05, 3.63) is 11.9 Å². The van der Waals surface area contributed by atoms with Crippen molar-refractivity contribution in [2.75, 3.05) is 26.0 Å². The first-order valence-electron chi connectivity index (χ1n) is 5.55. The van der Waals surface area contributed by atoms with Crippen LogP contribution in [0, 0.1) is 0 Å². The van der Waals surface area contributed by atoms with Crippen LogP contribution in [0.4, 0.5) is 0 Å². The molecule has 2 rings (SSSR count). The number of sulfone groups is 1. The lowest BCUT2D eigenvalue weighted by molar-refractivity contribution is -0.133. The van der Waals surface area contributed by atoms with Gasteiger partial charge >= 0.3 is 0 Å². The maximum Gasteiger partial charge on any atom is 0.248 e. The van der Waals surface area contributed by atoms with E-state index in [1.165, 1.54) is 11.1 Å². The quantitative estimate of drug-likeness (QED) is 0.744. The zero-order valence-corrected chi connectivity index (χ0v) is 10.8. The van der Waals surface area contributed by atoms with E-state index in [4.69, 9.17) is 5.11 Å². The Kier molecular flexibility index (Phi) is 3.40. The van der Waals surface area contributed by atoms with E-state index in [1.54, 1.807) is 0 Å². The van der Waals surface area contributed by atoms with Crippen LogP contribution in [0.15, 0.2) is 11.1 Å². The third-order valence-electron chi connectivity index (χ3n) is 3.12. The van der Waals surface area contributed by atoms with Crippen LogP contribution >= 0.6 is 0 Å². The predicted octanol–water partition coefficient (Wildman–Crippen LogP) is -0.879.